The lowest BCUT2D eigenvalue weighted by Gasteiger charge is -2.34. The van der Waals surface area contributed by atoms with E-state index in [1.165, 1.54) is 6.07 Å². The summed E-state index contributed by atoms with van der Waals surface area (Å²) in [6, 6.07) is 18.3. The maximum absolute atomic E-state index is 13.0. The van der Waals surface area contributed by atoms with Crippen molar-refractivity contribution in [3.8, 4) is 5.75 Å². The molecule has 33 heavy (non-hydrogen) atoms. The van der Waals surface area contributed by atoms with Crippen LogP contribution in [0.25, 0.3) is 10.8 Å². The zero-order valence-corrected chi connectivity index (χ0v) is 20.9. The fourth-order valence-corrected chi connectivity index (χ4v) is 4.03. The number of aromatic hydroxyl groups is 1. The molecule has 0 bridgehead atoms. The topological polar surface area (TPSA) is 84.9 Å². The SMILES string of the molecule is CC(C)(CCOC(=O)CS)[C@H](OC(=O)Nc1cccc2ccccc12)c1cc(Br)ccc1O. The molecule has 0 saturated heterocycles. The number of rotatable bonds is 8. The van der Waals surface area contributed by atoms with E-state index in [-0.39, 0.29) is 18.1 Å². The number of thiol groups is 1. The van der Waals surface area contributed by atoms with Gasteiger partial charge in [0, 0.05) is 20.8 Å². The summed E-state index contributed by atoms with van der Waals surface area (Å²) in [5.74, 6) is -0.438. The number of amides is 1. The van der Waals surface area contributed by atoms with Gasteiger partial charge in [0.2, 0.25) is 0 Å². The van der Waals surface area contributed by atoms with Crippen molar-refractivity contribution in [1.82, 2.24) is 0 Å². The number of carbonyl (C=O) groups excluding carboxylic acids is 2. The number of halogens is 1. The van der Waals surface area contributed by atoms with E-state index in [0.717, 1.165) is 15.2 Å². The van der Waals surface area contributed by atoms with Crippen molar-refractivity contribution >= 4 is 57.1 Å². The molecule has 1 amide bonds. The lowest BCUT2D eigenvalue weighted by atomic mass is 9.79. The molecule has 1 atom stereocenters. The number of esters is 1. The highest BCUT2D eigenvalue weighted by Crippen LogP contribution is 2.43. The summed E-state index contributed by atoms with van der Waals surface area (Å²) in [5, 5.41) is 15.2. The van der Waals surface area contributed by atoms with Crippen LogP contribution in [0, 0.1) is 5.41 Å². The van der Waals surface area contributed by atoms with Crippen molar-refractivity contribution in [3.63, 3.8) is 0 Å². The Morgan fingerprint density at radius 2 is 1.85 bits per heavy atom. The molecule has 0 spiro atoms. The maximum Gasteiger partial charge on any atom is 0.412 e. The Balaban J connectivity index is 1.86. The fourth-order valence-electron chi connectivity index (χ4n) is 3.56. The lowest BCUT2D eigenvalue weighted by Crippen LogP contribution is -2.30. The molecule has 174 valence electrons. The monoisotopic (exact) mass is 531 g/mol. The summed E-state index contributed by atoms with van der Waals surface area (Å²) in [6.07, 6.45) is -1.08. The zero-order chi connectivity index (χ0) is 24.0. The Morgan fingerprint density at radius 1 is 1.12 bits per heavy atom. The first-order valence-electron chi connectivity index (χ1n) is 10.4. The van der Waals surface area contributed by atoms with Gasteiger partial charge in [-0.05, 0) is 36.1 Å². The third-order valence-corrected chi connectivity index (χ3v) is 6.12. The standard InChI is InChI=1S/C25H26BrNO5S/c1-25(2,12-13-31-22(29)15-33)23(19-14-17(26)10-11-21(19)28)32-24(30)27-20-9-5-7-16-6-3-4-8-18(16)20/h3-11,14,23,28,33H,12-13,15H2,1-2H3,(H,27,30)/t23-/m1/s1. The van der Waals surface area contributed by atoms with Crippen molar-refractivity contribution < 1.29 is 24.2 Å². The second-order valence-corrected chi connectivity index (χ2v) is 9.49. The smallest absolute Gasteiger partial charge is 0.412 e. The van der Waals surface area contributed by atoms with Crippen LogP contribution < -0.4 is 5.32 Å². The zero-order valence-electron chi connectivity index (χ0n) is 18.4. The first-order chi connectivity index (χ1) is 15.7. The molecule has 0 saturated carbocycles. The summed E-state index contributed by atoms with van der Waals surface area (Å²) < 4.78 is 11.8. The van der Waals surface area contributed by atoms with Crippen LogP contribution in [0.4, 0.5) is 10.5 Å². The van der Waals surface area contributed by atoms with E-state index in [9.17, 15) is 14.7 Å². The normalized spacial score (nSPS) is 12.2. The first-order valence-corrected chi connectivity index (χ1v) is 11.8. The van der Waals surface area contributed by atoms with Crippen molar-refractivity contribution in [1.29, 1.82) is 0 Å². The average molecular weight is 532 g/mol. The highest BCUT2D eigenvalue weighted by Gasteiger charge is 2.36. The number of benzene rings is 3. The van der Waals surface area contributed by atoms with Gasteiger partial charge in [0.05, 0.1) is 18.0 Å². The van der Waals surface area contributed by atoms with E-state index in [0.29, 0.717) is 17.7 Å². The van der Waals surface area contributed by atoms with Crippen LogP contribution in [0.15, 0.2) is 65.1 Å². The minimum absolute atomic E-state index is 0.00147. The van der Waals surface area contributed by atoms with E-state index in [1.54, 1.807) is 18.2 Å². The van der Waals surface area contributed by atoms with E-state index >= 15 is 0 Å². The second kappa shape index (κ2) is 10.9. The van der Waals surface area contributed by atoms with Gasteiger partial charge in [0.25, 0.3) is 0 Å². The molecular formula is C25H26BrNO5S. The van der Waals surface area contributed by atoms with Crippen LogP contribution in [0.3, 0.4) is 0 Å². The van der Waals surface area contributed by atoms with Gasteiger partial charge in [0.15, 0.2) is 0 Å². The van der Waals surface area contributed by atoms with Crippen LogP contribution >= 0.6 is 28.6 Å². The Morgan fingerprint density at radius 3 is 2.61 bits per heavy atom. The molecule has 0 unspecified atom stereocenters. The molecule has 0 aliphatic carbocycles. The lowest BCUT2D eigenvalue weighted by molar-refractivity contribution is -0.141. The van der Waals surface area contributed by atoms with E-state index in [4.69, 9.17) is 9.47 Å². The van der Waals surface area contributed by atoms with Crippen LogP contribution in [0.5, 0.6) is 5.75 Å². The summed E-state index contributed by atoms with van der Waals surface area (Å²) in [5.41, 5.74) is 0.393. The number of phenols is 1. The van der Waals surface area contributed by atoms with Gasteiger partial charge in [-0.25, -0.2) is 4.79 Å². The van der Waals surface area contributed by atoms with Gasteiger partial charge in [-0.3, -0.25) is 10.1 Å². The van der Waals surface area contributed by atoms with E-state index in [1.807, 2.05) is 50.2 Å². The Hall–Kier alpha value is -2.71. The number of nitrogens with one attached hydrogen (secondary N) is 1. The Labute approximate surface area is 206 Å². The molecular weight excluding hydrogens is 506 g/mol. The van der Waals surface area contributed by atoms with E-state index < -0.39 is 23.6 Å². The number of ether oxygens (including phenoxy) is 2. The van der Waals surface area contributed by atoms with Gasteiger partial charge in [-0.2, -0.15) is 12.6 Å². The van der Waals surface area contributed by atoms with E-state index in [2.05, 4.69) is 33.9 Å². The molecule has 2 N–H and O–H groups in total. The van der Waals surface area contributed by atoms with Gasteiger partial charge < -0.3 is 14.6 Å². The predicted octanol–water partition coefficient (Wildman–Crippen LogP) is 6.49. The molecule has 0 heterocycles. The number of fused-ring (bicyclic) bond motifs is 1. The predicted molar refractivity (Wildman–Crippen MR) is 136 cm³/mol. The summed E-state index contributed by atoms with van der Waals surface area (Å²) >= 11 is 7.33. The van der Waals surface area contributed by atoms with Crippen molar-refractivity contribution in [2.75, 3.05) is 17.7 Å². The van der Waals surface area contributed by atoms with Crippen molar-refractivity contribution in [2.45, 2.75) is 26.4 Å². The second-order valence-electron chi connectivity index (χ2n) is 8.26. The average Bonchev–Trinajstić information content (AvgIpc) is 2.79. The third-order valence-electron chi connectivity index (χ3n) is 5.37. The largest absolute Gasteiger partial charge is 0.508 e. The first kappa shape index (κ1) is 24.9. The van der Waals surface area contributed by atoms with Crippen LogP contribution in [0.1, 0.15) is 31.9 Å². The minimum atomic E-state index is -0.820. The summed E-state index contributed by atoms with van der Waals surface area (Å²) in [6.45, 7) is 3.90. The molecule has 8 heteroatoms. The van der Waals surface area contributed by atoms with Gasteiger partial charge in [-0.15, -0.1) is 0 Å². The molecule has 6 nitrogen and oxygen atoms in total. The summed E-state index contributed by atoms with van der Waals surface area (Å²) in [4.78, 5) is 24.5. The molecule has 0 aliphatic rings. The number of hydrogen-bond donors (Lipinski definition) is 3. The van der Waals surface area contributed by atoms with Crippen LogP contribution in [0.2, 0.25) is 0 Å². The molecule has 0 aromatic heterocycles. The van der Waals surface area contributed by atoms with Crippen molar-refractivity contribution in [2.24, 2.45) is 5.41 Å². The van der Waals surface area contributed by atoms with Crippen LogP contribution in [-0.2, 0) is 14.3 Å². The Kier molecular flexibility index (Phi) is 8.26. The van der Waals surface area contributed by atoms with Gasteiger partial charge in [-0.1, -0.05) is 66.2 Å². The Bertz CT molecular complexity index is 1150. The number of carbonyl (C=O) groups is 2. The third kappa shape index (κ3) is 6.42. The van der Waals surface area contributed by atoms with Crippen molar-refractivity contribution in [3.05, 3.63) is 70.7 Å². The molecule has 3 aromatic rings. The number of anilines is 1. The molecule has 3 rings (SSSR count). The van der Waals surface area contributed by atoms with Gasteiger partial charge in [0.1, 0.15) is 11.9 Å². The van der Waals surface area contributed by atoms with Gasteiger partial charge >= 0.3 is 12.1 Å². The minimum Gasteiger partial charge on any atom is -0.508 e. The number of phenolic OH excluding ortho intramolecular Hbond substituents is 1. The highest BCUT2D eigenvalue weighted by atomic mass is 79.9. The molecule has 0 fully saturated rings. The quantitative estimate of drug-likeness (QED) is 0.228. The summed E-state index contributed by atoms with van der Waals surface area (Å²) in [7, 11) is 0. The molecule has 0 radical (unpaired) electrons. The maximum atomic E-state index is 13.0. The highest BCUT2D eigenvalue weighted by molar-refractivity contribution is 9.10. The number of hydrogen-bond acceptors (Lipinski definition) is 6. The van der Waals surface area contributed by atoms with Crippen LogP contribution in [-0.4, -0.2) is 29.5 Å². The molecule has 0 aliphatic heterocycles. The molecule has 3 aromatic carbocycles. The fraction of sp³-hybridized carbons (Fsp3) is 0.280.